The fourth-order valence-corrected chi connectivity index (χ4v) is 5.60. The van der Waals surface area contributed by atoms with Crippen molar-refractivity contribution in [3.8, 4) is 6.07 Å². The highest BCUT2D eigenvalue weighted by atomic mass is 32.2. The molecule has 174 valence electrons. The first-order valence-corrected chi connectivity index (χ1v) is 12.8. The van der Waals surface area contributed by atoms with Gasteiger partial charge in [-0.2, -0.15) is 5.26 Å². The number of nitrogens with one attached hydrogen (secondary N) is 4. The number of piperidine rings is 1. The van der Waals surface area contributed by atoms with E-state index >= 15 is 0 Å². The second kappa shape index (κ2) is 11.4. The zero-order valence-electron chi connectivity index (χ0n) is 18.9. The maximum Gasteiger partial charge on any atom is 0.261 e. The Bertz CT molecular complexity index is 1040. The van der Waals surface area contributed by atoms with Crippen molar-refractivity contribution in [1.82, 2.24) is 9.29 Å². The van der Waals surface area contributed by atoms with E-state index in [4.69, 9.17) is 5.41 Å². The smallest absolute Gasteiger partial charge is 0.261 e. The van der Waals surface area contributed by atoms with Gasteiger partial charge in [0.15, 0.2) is 0 Å². The second-order valence-electron chi connectivity index (χ2n) is 8.83. The number of hydrogen-bond donors (Lipinski definition) is 4. The number of nitrogens with zero attached hydrogens (tertiary/aromatic N) is 2. The third-order valence-electron chi connectivity index (χ3n) is 6.44. The molecular formula is C25H32N6OS. The molecule has 8 heteroatoms. The molecule has 1 aromatic heterocycles. The number of pyridine rings is 1. The van der Waals surface area contributed by atoms with Crippen molar-refractivity contribution in [1.29, 1.82) is 10.7 Å². The van der Waals surface area contributed by atoms with Crippen LogP contribution in [0.2, 0.25) is 0 Å². The number of H-pyrrole nitrogens is 1. The zero-order valence-corrected chi connectivity index (χ0v) is 19.7. The lowest BCUT2D eigenvalue weighted by molar-refractivity contribution is 0.380. The number of aromatic nitrogens is 1. The molecule has 2 aromatic rings. The van der Waals surface area contributed by atoms with Gasteiger partial charge in [0.05, 0.1) is 17.7 Å². The van der Waals surface area contributed by atoms with E-state index in [1.165, 1.54) is 37.9 Å². The third-order valence-corrected chi connectivity index (χ3v) is 7.63. The first-order valence-electron chi connectivity index (χ1n) is 11.8. The van der Waals surface area contributed by atoms with E-state index in [2.05, 4.69) is 38.1 Å². The average molecular weight is 465 g/mol. The summed E-state index contributed by atoms with van der Waals surface area (Å²) in [5.74, 6) is 0.897. The highest BCUT2D eigenvalue weighted by Crippen LogP contribution is 2.28. The first kappa shape index (κ1) is 23.4. The molecule has 2 fully saturated rings. The van der Waals surface area contributed by atoms with Crippen molar-refractivity contribution < 1.29 is 0 Å². The number of anilines is 2. The van der Waals surface area contributed by atoms with Gasteiger partial charge in [0.25, 0.3) is 5.56 Å². The van der Waals surface area contributed by atoms with E-state index in [0.29, 0.717) is 5.69 Å². The Labute approximate surface area is 199 Å². The molecule has 2 unspecified atom stereocenters. The van der Waals surface area contributed by atoms with E-state index in [0.717, 1.165) is 37.1 Å². The molecule has 4 rings (SSSR count). The van der Waals surface area contributed by atoms with Gasteiger partial charge in [-0.3, -0.25) is 14.5 Å². The summed E-state index contributed by atoms with van der Waals surface area (Å²) in [5, 5.41) is 24.5. The molecule has 1 aliphatic carbocycles. The minimum atomic E-state index is -0.323. The van der Waals surface area contributed by atoms with Crippen molar-refractivity contribution in [3.05, 3.63) is 58.0 Å². The normalized spacial score (nSPS) is 21.2. The lowest BCUT2D eigenvalue weighted by Gasteiger charge is -2.29. The Morgan fingerprint density at radius 2 is 1.88 bits per heavy atom. The molecular weight excluding hydrogens is 432 g/mol. The standard InChI is InChI=1S/C25H32N6OS/c26-16-19-6-2-3-7-21(19)30-22-12-13-28-25(32)23(22)24(27)29-20-10-8-18(9-11-20)17-33-31-14-4-1-5-15-31/h8-13,19,21H,1-7,14-15,17H2,(H2,27,29)(H2,28,30,32). The average Bonchev–Trinajstić information content (AvgIpc) is 2.84. The van der Waals surface area contributed by atoms with Gasteiger partial charge in [0.1, 0.15) is 11.4 Å². The predicted octanol–water partition coefficient (Wildman–Crippen LogP) is 4.94. The largest absolute Gasteiger partial charge is 0.380 e. The minimum Gasteiger partial charge on any atom is -0.380 e. The van der Waals surface area contributed by atoms with E-state index in [1.54, 1.807) is 12.3 Å². The maximum absolute atomic E-state index is 12.6. The molecule has 7 nitrogen and oxygen atoms in total. The van der Waals surface area contributed by atoms with Gasteiger partial charge in [0, 0.05) is 36.8 Å². The highest BCUT2D eigenvalue weighted by molar-refractivity contribution is 7.96. The maximum atomic E-state index is 12.6. The summed E-state index contributed by atoms with van der Waals surface area (Å²) in [6.07, 6.45) is 9.36. The van der Waals surface area contributed by atoms with Gasteiger partial charge >= 0.3 is 0 Å². The van der Waals surface area contributed by atoms with Gasteiger partial charge < -0.3 is 15.6 Å². The summed E-state index contributed by atoms with van der Waals surface area (Å²) >= 11 is 1.88. The summed E-state index contributed by atoms with van der Waals surface area (Å²) in [4.78, 5) is 15.3. The number of rotatable bonds is 7. The van der Waals surface area contributed by atoms with Crippen LogP contribution in [0.3, 0.4) is 0 Å². The second-order valence-corrected chi connectivity index (χ2v) is 9.89. The third kappa shape index (κ3) is 6.18. The molecule has 1 saturated carbocycles. The van der Waals surface area contributed by atoms with Crippen LogP contribution in [-0.4, -0.2) is 34.3 Å². The molecule has 1 aromatic carbocycles. The molecule has 1 saturated heterocycles. The molecule has 2 atom stereocenters. The van der Waals surface area contributed by atoms with Crippen molar-refractivity contribution in [2.75, 3.05) is 23.7 Å². The van der Waals surface area contributed by atoms with Crippen LogP contribution in [0.4, 0.5) is 11.4 Å². The number of amidine groups is 1. The van der Waals surface area contributed by atoms with Gasteiger partial charge in [-0.15, -0.1) is 0 Å². The fraction of sp³-hybridized carbons (Fsp3) is 0.480. The number of nitriles is 1. The Morgan fingerprint density at radius 3 is 2.64 bits per heavy atom. The monoisotopic (exact) mass is 464 g/mol. The fourth-order valence-electron chi connectivity index (χ4n) is 4.56. The Morgan fingerprint density at radius 1 is 1.12 bits per heavy atom. The Balaban J connectivity index is 1.40. The van der Waals surface area contributed by atoms with Crippen LogP contribution in [0.15, 0.2) is 41.3 Å². The Kier molecular flexibility index (Phi) is 8.08. The van der Waals surface area contributed by atoms with Crippen LogP contribution in [0.25, 0.3) is 0 Å². The Hall–Kier alpha value is -2.76. The lowest BCUT2D eigenvalue weighted by atomic mass is 9.85. The summed E-state index contributed by atoms with van der Waals surface area (Å²) in [5.41, 5.74) is 2.55. The summed E-state index contributed by atoms with van der Waals surface area (Å²) in [7, 11) is 0. The van der Waals surface area contributed by atoms with Crippen LogP contribution in [0.5, 0.6) is 0 Å². The molecule has 2 aliphatic rings. The van der Waals surface area contributed by atoms with Crippen LogP contribution < -0.4 is 16.2 Å². The topological polar surface area (TPSA) is 108 Å². The van der Waals surface area contributed by atoms with Crippen molar-refractivity contribution in [3.63, 3.8) is 0 Å². The van der Waals surface area contributed by atoms with E-state index < -0.39 is 0 Å². The summed E-state index contributed by atoms with van der Waals surface area (Å²) in [6.45, 7) is 2.33. The van der Waals surface area contributed by atoms with Crippen molar-refractivity contribution in [2.45, 2.75) is 56.7 Å². The summed E-state index contributed by atoms with van der Waals surface area (Å²) < 4.78 is 2.45. The van der Waals surface area contributed by atoms with E-state index in [-0.39, 0.29) is 28.9 Å². The van der Waals surface area contributed by atoms with Crippen LogP contribution in [-0.2, 0) is 5.75 Å². The van der Waals surface area contributed by atoms with Gasteiger partial charge in [-0.25, -0.2) is 0 Å². The molecule has 1 aliphatic heterocycles. The van der Waals surface area contributed by atoms with E-state index in [9.17, 15) is 10.1 Å². The summed E-state index contributed by atoms with van der Waals surface area (Å²) in [6, 6.07) is 12.2. The molecule has 0 amide bonds. The molecule has 4 N–H and O–H groups in total. The number of hydrogen-bond acceptors (Lipinski definition) is 6. The predicted molar refractivity (Wildman–Crippen MR) is 136 cm³/mol. The van der Waals surface area contributed by atoms with Crippen LogP contribution in [0.1, 0.15) is 56.1 Å². The number of aromatic amines is 1. The quantitative estimate of drug-likeness (QED) is 0.263. The molecule has 33 heavy (non-hydrogen) atoms. The van der Waals surface area contributed by atoms with Gasteiger partial charge in [0.2, 0.25) is 0 Å². The molecule has 0 radical (unpaired) electrons. The van der Waals surface area contributed by atoms with Gasteiger partial charge in [-0.1, -0.05) is 43.3 Å². The van der Waals surface area contributed by atoms with Crippen molar-refractivity contribution >= 4 is 29.2 Å². The van der Waals surface area contributed by atoms with Crippen molar-refractivity contribution in [2.24, 2.45) is 5.92 Å². The first-order chi connectivity index (χ1) is 16.1. The SMILES string of the molecule is N#CC1CCCCC1Nc1cc[nH]c(=O)c1C(=N)Nc1ccc(CSN2CCCCC2)cc1. The van der Waals surface area contributed by atoms with Gasteiger partial charge in [-0.05, 0) is 49.4 Å². The highest BCUT2D eigenvalue weighted by Gasteiger charge is 2.26. The minimum absolute atomic E-state index is 0.00575. The molecule has 0 bridgehead atoms. The van der Waals surface area contributed by atoms with Crippen LogP contribution >= 0.6 is 11.9 Å². The number of benzene rings is 1. The lowest BCUT2D eigenvalue weighted by Crippen LogP contribution is -2.34. The molecule has 2 heterocycles. The zero-order chi connectivity index (χ0) is 23.0. The van der Waals surface area contributed by atoms with Crippen LogP contribution in [0, 0.1) is 22.7 Å². The molecule has 0 spiro atoms. The van der Waals surface area contributed by atoms with E-state index in [1.807, 2.05) is 24.1 Å².